The molecular formula is C20H22OS. The van der Waals surface area contributed by atoms with Crippen molar-refractivity contribution in [3.63, 3.8) is 0 Å². The maximum absolute atomic E-state index is 12.5. The Hall–Kier alpha value is -1.54. The van der Waals surface area contributed by atoms with Gasteiger partial charge in [0.2, 0.25) is 0 Å². The monoisotopic (exact) mass is 310 g/mol. The first-order valence-corrected chi connectivity index (χ1v) is 8.58. The van der Waals surface area contributed by atoms with Crippen LogP contribution in [0.15, 0.2) is 54.6 Å². The molecule has 1 unspecified atom stereocenters. The fourth-order valence-corrected chi connectivity index (χ4v) is 5.30. The van der Waals surface area contributed by atoms with E-state index in [1.807, 2.05) is 17.8 Å². The molecule has 2 aromatic carbocycles. The van der Waals surface area contributed by atoms with Gasteiger partial charge in [-0.15, -0.1) is 11.8 Å². The fraction of sp³-hybridized carbons (Fsp3) is 0.350. The first-order chi connectivity index (χ1) is 10.4. The molecule has 2 heteroatoms. The van der Waals surface area contributed by atoms with E-state index < -0.39 is 0 Å². The minimum atomic E-state index is -0.270. The molecule has 114 valence electrons. The molecule has 0 aromatic heterocycles. The Kier molecular flexibility index (Phi) is 3.90. The second-order valence-electron chi connectivity index (χ2n) is 6.81. The van der Waals surface area contributed by atoms with Gasteiger partial charge in [0.15, 0.2) is 0 Å². The number of thioether (sulfide) groups is 1. The first-order valence-electron chi connectivity index (χ1n) is 7.76. The van der Waals surface area contributed by atoms with Crippen LogP contribution in [0.25, 0.3) is 0 Å². The third-order valence-electron chi connectivity index (χ3n) is 4.28. The summed E-state index contributed by atoms with van der Waals surface area (Å²) in [6.45, 7) is 6.46. The standard InChI is InChI=1S/C20H22OS/c1-15-9-11-17(12-10-15)20(16-7-5-4-6-8-16)14-18(21)13-19(2,3)22-20/h4-12H,13-14H2,1-3H3. The van der Waals surface area contributed by atoms with Crippen molar-refractivity contribution in [1.29, 1.82) is 0 Å². The normalized spacial score (nSPS) is 24.2. The molecule has 0 amide bonds. The van der Waals surface area contributed by atoms with Crippen molar-refractivity contribution in [3.05, 3.63) is 71.3 Å². The molecule has 1 fully saturated rings. The highest BCUT2D eigenvalue weighted by atomic mass is 32.2. The van der Waals surface area contributed by atoms with Gasteiger partial charge in [0.05, 0.1) is 4.75 Å². The molecule has 0 bridgehead atoms. The van der Waals surface area contributed by atoms with E-state index in [1.54, 1.807) is 0 Å². The van der Waals surface area contributed by atoms with Crippen LogP contribution in [0.3, 0.4) is 0 Å². The van der Waals surface area contributed by atoms with Crippen LogP contribution in [-0.2, 0) is 9.54 Å². The van der Waals surface area contributed by atoms with Crippen LogP contribution in [0.1, 0.15) is 43.4 Å². The molecule has 1 saturated heterocycles. The molecule has 0 aliphatic carbocycles. The quantitative estimate of drug-likeness (QED) is 0.766. The molecule has 1 aliphatic rings. The van der Waals surface area contributed by atoms with Crippen LogP contribution in [0, 0.1) is 6.92 Å². The summed E-state index contributed by atoms with van der Waals surface area (Å²) in [5.74, 6) is 0.355. The van der Waals surface area contributed by atoms with E-state index in [0.29, 0.717) is 18.6 Å². The van der Waals surface area contributed by atoms with Crippen molar-refractivity contribution in [2.24, 2.45) is 0 Å². The molecular weight excluding hydrogens is 288 g/mol. The van der Waals surface area contributed by atoms with Crippen molar-refractivity contribution >= 4 is 17.5 Å². The van der Waals surface area contributed by atoms with Crippen LogP contribution in [0.5, 0.6) is 0 Å². The SMILES string of the molecule is Cc1ccc(C2(c3ccccc3)CC(=O)CC(C)(C)S2)cc1. The Bertz CT molecular complexity index is 673. The zero-order valence-corrected chi connectivity index (χ0v) is 14.2. The maximum atomic E-state index is 12.5. The van der Waals surface area contributed by atoms with E-state index in [0.717, 1.165) is 0 Å². The van der Waals surface area contributed by atoms with Gasteiger partial charge in [0.1, 0.15) is 5.78 Å². The van der Waals surface area contributed by atoms with Crippen molar-refractivity contribution in [2.45, 2.75) is 43.1 Å². The van der Waals surface area contributed by atoms with Gasteiger partial charge in [-0.25, -0.2) is 0 Å². The van der Waals surface area contributed by atoms with E-state index >= 15 is 0 Å². The highest BCUT2D eigenvalue weighted by Gasteiger charge is 2.46. The van der Waals surface area contributed by atoms with Crippen molar-refractivity contribution in [1.82, 2.24) is 0 Å². The van der Waals surface area contributed by atoms with Crippen LogP contribution in [0.2, 0.25) is 0 Å². The van der Waals surface area contributed by atoms with Gasteiger partial charge >= 0.3 is 0 Å². The third kappa shape index (κ3) is 2.85. The molecule has 0 N–H and O–H groups in total. The fourth-order valence-electron chi connectivity index (χ4n) is 3.38. The van der Waals surface area contributed by atoms with Crippen LogP contribution < -0.4 is 0 Å². The number of aryl methyl sites for hydroxylation is 1. The van der Waals surface area contributed by atoms with E-state index in [1.165, 1.54) is 16.7 Å². The van der Waals surface area contributed by atoms with Crippen LogP contribution in [0.4, 0.5) is 0 Å². The zero-order chi connectivity index (χ0) is 15.8. The molecule has 1 atom stereocenters. The Morgan fingerprint density at radius 1 is 0.864 bits per heavy atom. The number of ketones is 1. The molecule has 1 heterocycles. The van der Waals surface area contributed by atoms with Gasteiger partial charge in [-0.2, -0.15) is 0 Å². The second-order valence-corrected chi connectivity index (χ2v) is 8.82. The molecule has 3 rings (SSSR count). The molecule has 2 aromatic rings. The highest BCUT2D eigenvalue weighted by molar-refractivity contribution is 8.01. The lowest BCUT2D eigenvalue weighted by Gasteiger charge is -2.44. The minimum absolute atomic E-state index is 0.0456. The number of carbonyl (C=O) groups excluding carboxylic acids is 1. The summed E-state index contributed by atoms with van der Waals surface area (Å²) in [4.78, 5) is 12.5. The lowest BCUT2D eigenvalue weighted by molar-refractivity contribution is -0.120. The van der Waals surface area contributed by atoms with Gasteiger partial charge in [-0.05, 0) is 18.1 Å². The predicted octanol–water partition coefficient (Wildman–Crippen LogP) is 5.11. The molecule has 1 nitrogen and oxygen atoms in total. The summed E-state index contributed by atoms with van der Waals surface area (Å²) < 4.78 is -0.316. The lowest BCUT2D eigenvalue weighted by atomic mass is 9.83. The molecule has 1 aliphatic heterocycles. The van der Waals surface area contributed by atoms with E-state index in [-0.39, 0.29) is 9.49 Å². The Balaban J connectivity index is 2.18. The van der Waals surface area contributed by atoms with E-state index in [2.05, 4.69) is 69.3 Å². The summed E-state index contributed by atoms with van der Waals surface area (Å²) in [6.07, 6.45) is 1.23. The number of hydrogen-bond donors (Lipinski definition) is 0. The maximum Gasteiger partial charge on any atom is 0.136 e. The predicted molar refractivity (Wildman–Crippen MR) is 94.3 cm³/mol. The topological polar surface area (TPSA) is 17.1 Å². The Morgan fingerprint density at radius 2 is 1.45 bits per heavy atom. The number of carbonyl (C=O) groups is 1. The highest BCUT2D eigenvalue weighted by Crippen LogP contribution is 2.55. The Labute approximate surface area is 137 Å². The molecule has 0 spiro atoms. The number of rotatable bonds is 2. The van der Waals surface area contributed by atoms with Crippen molar-refractivity contribution < 1.29 is 4.79 Å². The third-order valence-corrected chi connectivity index (χ3v) is 5.94. The van der Waals surface area contributed by atoms with Gasteiger partial charge < -0.3 is 0 Å². The van der Waals surface area contributed by atoms with E-state index in [4.69, 9.17) is 0 Å². The average Bonchev–Trinajstić information content (AvgIpc) is 2.46. The summed E-state index contributed by atoms with van der Waals surface area (Å²) in [7, 11) is 0. The molecule has 0 radical (unpaired) electrons. The van der Waals surface area contributed by atoms with Crippen molar-refractivity contribution in [2.75, 3.05) is 0 Å². The van der Waals surface area contributed by atoms with Crippen LogP contribution >= 0.6 is 11.8 Å². The molecule has 22 heavy (non-hydrogen) atoms. The summed E-state index contributed by atoms with van der Waals surface area (Å²) in [6, 6.07) is 19.1. The summed E-state index contributed by atoms with van der Waals surface area (Å²) in [5.41, 5.74) is 3.71. The van der Waals surface area contributed by atoms with Crippen molar-refractivity contribution in [3.8, 4) is 0 Å². The number of Topliss-reactive ketones (excluding diaryl/α,β-unsaturated/α-hetero) is 1. The van der Waals surface area contributed by atoms with Gasteiger partial charge in [0.25, 0.3) is 0 Å². The van der Waals surface area contributed by atoms with Gasteiger partial charge in [-0.3, -0.25) is 4.79 Å². The Morgan fingerprint density at radius 3 is 2.05 bits per heavy atom. The van der Waals surface area contributed by atoms with Crippen LogP contribution in [-0.4, -0.2) is 10.5 Å². The average molecular weight is 310 g/mol. The zero-order valence-electron chi connectivity index (χ0n) is 13.4. The largest absolute Gasteiger partial charge is 0.300 e. The van der Waals surface area contributed by atoms with Gasteiger partial charge in [-0.1, -0.05) is 74.0 Å². The first kappa shape index (κ1) is 15.4. The smallest absolute Gasteiger partial charge is 0.136 e. The lowest BCUT2D eigenvalue weighted by Crippen LogP contribution is -2.40. The van der Waals surface area contributed by atoms with E-state index in [9.17, 15) is 4.79 Å². The summed E-state index contributed by atoms with van der Waals surface area (Å²) >= 11 is 1.93. The summed E-state index contributed by atoms with van der Waals surface area (Å²) in [5, 5.41) is 0. The molecule has 0 saturated carbocycles. The van der Waals surface area contributed by atoms with Gasteiger partial charge in [0, 0.05) is 17.6 Å². The second kappa shape index (κ2) is 5.58. The minimum Gasteiger partial charge on any atom is -0.300 e. The number of hydrogen-bond acceptors (Lipinski definition) is 2. The number of benzene rings is 2.